The van der Waals surface area contributed by atoms with Gasteiger partial charge in [0, 0.05) is 29.2 Å². The standard InChI is InChI=1S/C11H13ClN2/c12-7-1-2-10-9(5-7)8-3-4-13-6-11(8)14-10/h1-2,5,8,11,13-14H,3-4,6H2. The monoisotopic (exact) mass is 208 g/mol. The summed E-state index contributed by atoms with van der Waals surface area (Å²) in [5.41, 5.74) is 2.68. The third-order valence-electron chi connectivity index (χ3n) is 3.24. The summed E-state index contributed by atoms with van der Waals surface area (Å²) in [7, 11) is 0. The molecule has 1 aromatic rings. The van der Waals surface area contributed by atoms with E-state index in [0.717, 1.165) is 18.1 Å². The molecule has 14 heavy (non-hydrogen) atoms. The number of piperidine rings is 1. The molecule has 1 saturated heterocycles. The summed E-state index contributed by atoms with van der Waals surface area (Å²) < 4.78 is 0. The molecule has 0 amide bonds. The topological polar surface area (TPSA) is 24.1 Å². The van der Waals surface area contributed by atoms with Crippen LogP contribution < -0.4 is 10.6 Å². The second kappa shape index (κ2) is 3.14. The van der Waals surface area contributed by atoms with Gasteiger partial charge in [0.05, 0.1) is 0 Å². The summed E-state index contributed by atoms with van der Waals surface area (Å²) in [5, 5.41) is 7.80. The van der Waals surface area contributed by atoms with Crippen molar-refractivity contribution in [2.45, 2.75) is 18.4 Å². The lowest BCUT2D eigenvalue weighted by Gasteiger charge is -2.26. The van der Waals surface area contributed by atoms with Crippen molar-refractivity contribution in [2.24, 2.45) is 0 Å². The van der Waals surface area contributed by atoms with E-state index < -0.39 is 0 Å². The Labute approximate surface area is 88.6 Å². The Hall–Kier alpha value is -0.730. The van der Waals surface area contributed by atoms with E-state index >= 15 is 0 Å². The second-order valence-electron chi connectivity index (χ2n) is 4.08. The van der Waals surface area contributed by atoms with Crippen LogP contribution in [-0.2, 0) is 0 Å². The average molecular weight is 209 g/mol. The lowest BCUT2D eigenvalue weighted by Crippen LogP contribution is -2.40. The fourth-order valence-electron chi connectivity index (χ4n) is 2.55. The van der Waals surface area contributed by atoms with Crippen molar-refractivity contribution in [2.75, 3.05) is 18.4 Å². The van der Waals surface area contributed by atoms with Crippen molar-refractivity contribution in [3.8, 4) is 0 Å². The first-order valence-corrected chi connectivity index (χ1v) is 5.49. The van der Waals surface area contributed by atoms with Gasteiger partial charge in [0.25, 0.3) is 0 Å². The molecule has 2 nitrogen and oxygen atoms in total. The Bertz CT molecular complexity index is 364. The normalized spacial score (nSPS) is 29.2. The van der Waals surface area contributed by atoms with Crippen LogP contribution in [0.2, 0.25) is 5.02 Å². The Morgan fingerprint density at radius 2 is 2.29 bits per heavy atom. The van der Waals surface area contributed by atoms with Crippen LogP contribution in [0.4, 0.5) is 5.69 Å². The Balaban J connectivity index is 2.02. The lowest BCUT2D eigenvalue weighted by atomic mass is 9.89. The molecule has 1 fully saturated rings. The Morgan fingerprint density at radius 3 is 3.21 bits per heavy atom. The van der Waals surface area contributed by atoms with Crippen LogP contribution >= 0.6 is 11.6 Å². The molecule has 0 bridgehead atoms. The molecule has 0 spiro atoms. The van der Waals surface area contributed by atoms with Crippen LogP contribution in [0.15, 0.2) is 18.2 Å². The minimum absolute atomic E-state index is 0.567. The quantitative estimate of drug-likeness (QED) is 0.683. The lowest BCUT2D eigenvalue weighted by molar-refractivity contribution is 0.439. The SMILES string of the molecule is Clc1ccc2c(c1)C1CCNCC1N2. The van der Waals surface area contributed by atoms with E-state index in [1.54, 1.807) is 0 Å². The molecule has 0 aromatic heterocycles. The van der Waals surface area contributed by atoms with Gasteiger partial charge in [-0.2, -0.15) is 0 Å². The number of benzene rings is 1. The zero-order chi connectivity index (χ0) is 9.54. The zero-order valence-corrected chi connectivity index (χ0v) is 8.64. The molecule has 74 valence electrons. The fourth-order valence-corrected chi connectivity index (χ4v) is 2.73. The smallest absolute Gasteiger partial charge is 0.0455 e. The third-order valence-corrected chi connectivity index (χ3v) is 3.47. The van der Waals surface area contributed by atoms with Gasteiger partial charge in [0.1, 0.15) is 0 Å². The molecule has 2 heterocycles. The van der Waals surface area contributed by atoms with Crippen molar-refractivity contribution in [1.29, 1.82) is 0 Å². The van der Waals surface area contributed by atoms with Crippen molar-refractivity contribution in [3.05, 3.63) is 28.8 Å². The van der Waals surface area contributed by atoms with Gasteiger partial charge in [-0.25, -0.2) is 0 Å². The van der Waals surface area contributed by atoms with Crippen LogP contribution in [-0.4, -0.2) is 19.1 Å². The van der Waals surface area contributed by atoms with E-state index in [0.29, 0.717) is 12.0 Å². The highest BCUT2D eigenvalue weighted by Crippen LogP contribution is 2.40. The molecular formula is C11H13ClN2. The number of anilines is 1. The van der Waals surface area contributed by atoms with Crippen molar-refractivity contribution < 1.29 is 0 Å². The number of nitrogens with one attached hydrogen (secondary N) is 2. The molecule has 0 saturated carbocycles. The molecule has 3 heteroatoms. The number of hydrogen-bond acceptors (Lipinski definition) is 2. The van der Waals surface area contributed by atoms with E-state index in [-0.39, 0.29) is 0 Å². The first-order chi connectivity index (χ1) is 6.84. The highest BCUT2D eigenvalue weighted by Gasteiger charge is 2.33. The Kier molecular flexibility index (Phi) is 1.92. The summed E-state index contributed by atoms with van der Waals surface area (Å²) >= 11 is 6.01. The number of hydrogen-bond donors (Lipinski definition) is 2. The zero-order valence-electron chi connectivity index (χ0n) is 7.89. The van der Waals surface area contributed by atoms with E-state index in [1.807, 2.05) is 6.07 Å². The summed E-state index contributed by atoms with van der Waals surface area (Å²) in [5.74, 6) is 0.657. The maximum Gasteiger partial charge on any atom is 0.0455 e. The van der Waals surface area contributed by atoms with Crippen LogP contribution in [0.3, 0.4) is 0 Å². The van der Waals surface area contributed by atoms with Gasteiger partial charge in [-0.05, 0) is 36.7 Å². The first-order valence-electron chi connectivity index (χ1n) is 5.11. The summed E-state index contributed by atoms with van der Waals surface area (Å²) in [6.45, 7) is 2.19. The van der Waals surface area contributed by atoms with Crippen molar-refractivity contribution in [3.63, 3.8) is 0 Å². The van der Waals surface area contributed by atoms with Gasteiger partial charge in [0.2, 0.25) is 0 Å². The van der Waals surface area contributed by atoms with Crippen LogP contribution in [0.5, 0.6) is 0 Å². The molecule has 3 rings (SSSR count). The van der Waals surface area contributed by atoms with E-state index in [1.165, 1.54) is 17.7 Å². The molecule has 2 atom stereocenters. The van der Waals surface area contributed by atoms with Gasteiger partial charge in [-0.15, -0.1) is 0 Å². The highest BCUT2D eigenvalue weighted by atomic mass is 35.5. The van der Waals surface area contributed by atoms with Gasteiger partial charge in [-0.1, -0.05) is 11.6 Å². The van der Waals surface area contributed by atoms with Crippen LogP contribution in [0.25, 0.3) is 0 Å². The second-order valence-corrected chi connectivity index (χ2v) is 4.52. The maximum absolute atomic E-state index is 6.01. The summed E-state index contributed by atoms with van der Waals surface area (Å²) in [4.78, 5) is 0. The van der Waals surface area contributed by atoms with Crippen molar-refractivity contribution in [1.82, 2.24) is 5.32 Å². The van der Waals surface area contributed by atoms with Gasteiger partial charge in [0.15, 0.2) is 0 Å². The molecule has 2 aliphatic heterocycles. The molecule has 2 aliphatic rings. The van der Waals surface area contributed by atoms with Gasteiger partial charge < -0.3 is 10.6 Å². The predicted octanol–water partition coefficient (Wildman–Crippen LogP) is 2.21. The molecule has 1 aromatic carbocycles. The molecule has 0 aliphatic carbocycles. The van der Waals surface area contributed by atoms with Crippen LogP contribution in [0.1, 0.15) is 17.9 Å². The fraction of sp³-hybridized carbons (Fsp3) is 0.455. The maximum atomic E-state index is 6.01. The summed E-state index contributed by atoms with van der Waals surface area (Å²) in [6, 6.07) is 6.73. The van der Waals surface area contributed by atoms with E-state index in [9.17, 15) is 0 Å². The summed E-state index contributed by atoms with van der Waals surface area (Å²) in [6.07, 6.45) is 1.21. The molecule has 0 radical (unpaired) electrons. The molecule has 2 unspecified atom stereocenters. The van der Waals surface area contributed by atoms with Gasteiger partial charge in [-0.3, -0.25) is 0 Å². The number of fused-ring (bicyclic) bond motifs is 3. The average Bonchev–Trinajstić information content (AvgIpc) is 2.56. The molecular weight excluding hydrogens is 196 g/mol. The minimum Gasteiger partial charge on any atom is -0.380 e. The third kappa shape index (κ3) is 1.22. The predicted molar refractivity (Wildman–Crippen MR) is 59.1 cm³/mol. The van der Waals surface area contributed by atoms with Gasteiger partial charge >= 0.3 is 0 Å². The van der Waals surface area contributed by atoms with Crippen LogP contribution in [0, 0.1) is 0 Å². The largest absolute Gasteiger partial charge is 0.380 e. The highest BCUT2D eigenvalue weighted by molar-refractivity contribution is 6.30. The molecule has 2 N–H and O–H groups in total. The first kappa shape index (κ1) is 8.57. The van der Waals surface area contributed by atoms with Crippen molar-refractivity contribution >= 4 is 17.3 Å². The van der Waals surface area contributed by atoms with E-state index in [4.69, 9.17) is 11.6 Å². The number of halogens is 1. The van der Waals surface area contributed by atoms with E-state index in [2.05, 4.69) is 22.8 Å². The Morgan fingerprint density at radius 1 is 1.36 bits per heavy atom. The number of rotatable bonds is 0. The minimum atomic E-state index is 0.567.